The third-order valence-corrected chi connectivity index (χ3v) is 17.4. The van der Waals surface area contributed by atoms with Gasteiger partial charge in [0.05, 0.1) is 44.3 Å². The lowest BCUT2D eigenvalue weighted by atomic mass is 9.97. The topological polar surface area (TPSA) is 162 Å². The minimum Gasteiger partial charge on any atom is -0.481 e. The number of rotatable bonds is 22. The average molecular weight is 1120 g/mol. The van der Waals surface area contributed by atoms with E-state index in [0.29, 0.717) is 57.9 Å². The predicted octanol–water partition coefficient (Wildman–Crippen LogP) is 10.7. The third kappa shape index (κ3) is 16.1. The number of Topliss-reactive ketones (excluding diaryl/α,β-unsaturated/α-hetero) is 2. The highest BCUT2D eigenvalue weighted by molar-refractivity contribution is 6.42. The fourth-order valence-corrected chi connectivity index (χ4v) is 12.6. The molecule has 0 spiro atoms. The van der Waals surface area contributed by atoms with Crippen molar-refractivity contribution in [1.82, 2.24) is 19.6 Å². The molecule has 2 unspecified atom stereocenters. The molecule has 4 heterocycles. The first-order valence-corrected chi connectivity index (χ1v) is 28.6. The summed E-state index contributed by atoms with van der Waals surface area (Å²) in [5.74, 6) is -0.804. The van der Waals surface area contributed by atoms with Gasteiger partial charge in [-0.25, -0.2) is 0 Å². The quantitative estimate of drug-likeness (QED) is 0.0780. The summed E-state index contributed by atoms with van der Waals surface area (Å²) >= 11 is 24.3. The van der Waals surface area contributed by atoms with Gasteiger partial charge in [-0.2, -0.15) is 0 Å². The van der Waals surface area contributed by atoms with Crippen molar-refractivity contribution >= 4 is 81.7 Å². The van der Waals surface area contributed by atoms with Crippen LogP contribution in [0.1, 0.15) is 113 Å². The SMILES string of the molecule is C[C@@H]1C[C@H]2C(=O)N([C@H](CCC(=O)O)C(=O)CCc3ccc(Cl)c(Cl)c3)CCC(CCc3ccccc3)N2C1.C[C@@H]1C[C@H]2C(=O)N([C@H](CCC(N)=O)C(=O)CCc3ccc(Cl)c(Cl)c3)CCC(CCc3ccccc3)N2C1. The Morgan fingerprint density at radius 2 is 0.961 bits per heavy atom. The highest BCUT2D eigenvalue weighted by Crippen LogP contribution is 2.36. The van der Waals surface area contributed by atoms with Crippen LogP contribution < -0.4 is 5.73 Å². The van der Waals surface area contributed by atoms with Crippen molar-refractivity contribution in [3.8, 4) is 0 Å². The number of aryl methyl sites for hydroxylation is 4. The van der Waals surface area contributed by atoms with Crippen LogP contribution in [0.2, 0.25) is 20.1 Å². The summed E-state index contributed by atoms with van der Waals surface area (Å²) in [6.45, 7) is 7.08. The van der Waals surface area contributed by atoms with Crippen LogP contribution in [0.25, 0.3) is 0 Å². The number of carboxylic acid groups (broad SMARTS) is 1. The molecule has 12 nitrogen and oxygen atoms in total. The molecule has 0 radical (unpaired) electrons. The number of benzene rings is 4. The van der Waals surface area contributed by atoms with Gasteiger partial charge in [0.2, 0.25) is 17.7 Å². The highest BCUT2D eigenvalue weighted by Gasteiger charge is 2.47. The molecule has 76 heavy (non-hydrogen) atoms. The van der Waals surface area contributed by atoms with E-state index in [1.807, 2.05) is 36.4 Å². The van der Waals surface area contributed by atoms with Crippen molar-refractivity contribution in [2.24, 2.45) is 17.6 Å². The number of halogens is 4. The molecule has 3 amide bonds. The minimum atomic E-state index is -0.966. The lowest BCUT2D eigenvalue weighted by molar-refractivity contribution is -0.144. The molecule has 4 aliphatic heterocycles. The van der Waals surface area contributed by atoms with Gasteiger partial charge >= 0.3 is 5.97 Å². The molecule has 4 aliphatic rings. The Morgan fingerprint density at radius 3 is 1.34 bits per heavy atom. The first-order chi connectivity index (χ1) is 36.4. The van der Waals surface area contributed by atoms with E-state index in [1.54, 1.807) is 34.1 Å². The highest BCUT2D eigenvalue weighted by atomic mass is 35.5. The van der Waals surface area contributed by atoms with Gasteiger partial charge in [0.25, 0.3) is 0 Å². The Labute approximate surface area is 468 Å². The fraction of sp³-hybridized carbons (Fsp3) is 0.500. The largest absolute Gasteiger partial charge is 0.481 e. The zero-order valence-electron chi connectivity index (χ0n) is 43.8. The van der Waals surface area contributed by atoms with Gasteiger partial charge in [0.1, 0.15) is 0 Å². The van der Waals surface area contributed by atoms with Crippen molar-refractivity contribution in [3.63, 3.8) is 0 Å². The second-order valence-electron chi connectivity index (χ2n) is 21.5. The summed E-state index contributed by atoms with van der Waals surface area (Å²) in [6.07, 6.45) is 8.57. The molecule has 4 saturated heterocycles. The van der Waals surface area contributed by atoms with Gasteiger partial charge in [-0.05, 0) is 135 Å². The molecule has 8 atom stereocenters. The number of hydrogen-bond donors (Lipinski definition) is 2. The van der Waals surface area contributed by atoms with Crippen molar-refractivity contribution in [2.75, 3.05) is 26.2 Å². The third-order valence-electron chi connectivity index (χ3n) is 15.9. The molecular formula is C60H73Cl4N5O7. The number of nitrogens with two attached hydrogens (primary N) is 1. The number of carboxylic acids is 1. The van der Waals surface area contributed by atoms with E-state index >= 15 is 0 Å². The molecule has 8 rings (SSSR count). The van der Waals surface area contributed by atoms with Crippen LogP contribution in [-0.4, -0.2) is 122 Å². The van der Waals surface area contributed by atoms with Crippen LogP contribution in [0.4, 0.5) is 0 Å². The second kappa shape index (κ2) is 28.2. The van der Waals surface area contributed by atoms with E-state index in [2.05, 4.69) is 60.0 Å². The monoisotopic (exact) mass is 1120 g/mol. The number of hydrogen-bond acceptors (Lipinski definition) is 8. The predicted molar refractivity (Wildman–Crippen MR) is 301 cm³/mol. The Morgan fingerprint density at radius 1 is 0.553 bits per heavy atom. The summed E-state index contributed by atoms with van der Waals surface area (Å²) in [6, 6.07) is 30.0. The molecule has 4 fully saturated rings. The van der Waals surface area contributed by atoms with Crippen LogP contribution in [0, 0.1) is 11.8 Å². The van der Waals surface area contributed by atoms with Crippen molar-refractivity contribution in [1.29, 1.82) is 0 Å². The maximum Gasteiger partial charge on any atom is 0.303 e. The van der Waals surface area contributed by atoms with Gasteiger partial charge < -0.3 is 20.6 Å². The normalized spacial score (nSPS) is 22.7. The summed E-state index contributed by atoms with van der Waals surface area (Å²) in [5, 5.41) is 11.2. The maximum absolute atomic E-state index is 13.9. The zero-order valence-corrected chi connectivity index (χ0v) is 46.8. The van der Waals surface area contributed by atoms with E-state index in [1.165, 1.54) is 11.1 Å². The molecule has 4 aromatic carbocycles. The van der Waals surface area contributed by atoms with E-state index in [9.17, 15) is 33.9 Å². The first-order valence-electron chi connectivity index (χ1n) is 27.1. The molecule has 0 saturated carbocycles. The Hall–Kier alpha value is -4.82. The smallest absolute Gasteiger partial charge is 0.303 e. The minimum absolute atomic E-state index is 0.00826. The van der Waals surface area contributed by atoms with E-state index in [0.717, 1.165) is 75.6 Å². The average Bonchev–Trinajstić information content (AvgIpc) is 3.93. The van der Waals surface area contributed by atoms with Crippen molar-refractivity contribution in [2.45, 2.75) is 153 Å². The summed E-state index contributed by atoms with van der Waals surface area (Å²) in [5.41, 5.74) is 9.82. The van der Waals surface area contributed by atoms with Crippen LogP contribution in [0.5, 0.6) is 0 Å². The number of aliphatic carboxylic acids is 1. The number of primary amides is 1. The van der Waals surface area contributed by atoms with Crippen LogP contribution in [-0.2, 0) is 54.5 Å². The Kier molecular flexibility index (Phi) is 21.8. The number of fused-ring (bicyclic) bond motifs is 2. The Bertz CT molecular complexity index is 2460. The maximum atomic E-state index is 13.9. The summed E-state index contributed by atoms with van der Waals surface area (Å²) in [7, 11) is 0. The molecule has 4 aromatic rings. The number of carbonyl (C=O) groups is 6. The number of carbonyl (C=O) groups excluding carboxylic acids is 5. The van der Waals surface area contributed by atoms with Crippen molar-refractivity contribution in [3.05, 3.63) is 139 Å². The zero-order chi connectivity index (χ0) is 54.5. The van der Waals surface area contributed by atoms with Gasteiger partial charge in [-0.15, -0.1) is 0 Å². The summed E-state index contributed by atoms with van der Waals surface area (Å²) < 4.78 is 0. The number of amides is 3. The number of ketones is 2. The molecule has 0 aliphatic carbocycles. The van der Waals surface area contributed by atoms with Crippen LogP contribution >= 0.6 is 46.4 Å². The molecule has 408 valence electrons. The second-order valence-corrected chi connectivity index (χ2v) is 23.1. The van der Waals surface area contributed by atoms with E-state index < -0.39 is 24.0 Å². The van der Waals surface area contributed by atoms with Gasteiger partial charge in [0, 0.05) is 63.9 Å². The molecule has 3 N–H and O–H groups in total. The number of nitrogens with zero attached hydrogens (tertiary/aromatic N) is 4. The van der Waals surface area contributed by atoms with Gasteiger partial charge in [0.15, 0.2) is 11.6 Å². The lowest BCUT2D eigenvalue weighted by Gasteiger charge is -2.32. The first kappa shape index (κ1) is 58.9. The fourth-order valence-electron chi connectivity index (χ4n) is 11.9. The van der Waals surface area contributed by atoms with Crippen molar-refractivity contribution < 1.29 is 33.9 Å². The molecule has 0 bridgehead atoms. The van der Waals surface area contributed by atoms with E-state index in [4.69, 9.17) is 52.1 Å². The molecular weight excluding hydrogens is 1040 g/mol. The molecule has 16 heteroatoms. The van der Waals surface area contributed by atoms with Crippen LogP contribution in [0.3, 0.4) is 0 Å². The van der Waals surface area contributed by atoms with E-state index in [-0.39, 0.29) is 86.1 Å². The van der Waals surface area contributed by atoms with Crippen LogP contribution in [0.15, 0.2) is 97.1 Å². The Balaban J connectivity index is 0.000000221. The van der Waals surface area contributed by atoms with Gasteiger partial charge in [-0.1, -0.05) is 133 Å². The standard InChI is InChI=1S/C30H37Cl2N3O3.C30H36Cl2N2O4/c1-20-17-27-30(38)34(16-15-23(35(27)19-20)10-7-21-5-3-2-4-6-21)26(12-14-29(33)37)28(36)13-9-22-8-11-24(31)25(32)18-22;1-20-17-27-30(38)33(16-15-23(34(27)19-20)10-7-21-5-3-2-4-6-21)26(12-14-29(36)37)28(35)13-9-22-8-11-24(31)25(32)18-22/h2-6,8,11,18,20,23,26-27H,7,9-10,12-17,19H2,1H3,(H2,33,37);2-6,8,11,18,20,23,26-27H,7,9-10,12-17,19H2,1H3,(H,36,37)/t2*20-,23?,26-,27+/m11/s1. The summed E-state index contributed by atoms with van der Waals surface area (Å²) in [4.78, 5) is 86.2. The molecule has 0 aromatic heterocycles. The lowest BCUT2D eigenvalue weighted by Crippen LogP contribution is -2.51. The van der Waals surface area contributed by atoms with Gasteiger partial charge in [-0.3, -0.25) is 38.6 Å².